The zero-order valence-electron chi connectivity index (χ0n) is 14.0. The summed E-state index contributed by atoms with van der Waals surface area (Å²) in [5, 5.41) is 13.3. The molecule has 2 rings (SSSR count). The van der Waals surface area contributed by atoms with Gasteiger partial charge in [0.2, 0.25) is 0 Å². The average Bonchev–Trinajstić information content (AvgIpc) is 2.69. The molecule has 0 aromatic heterocycles. The van der Waals surface area contributed by atoms with Crippen LogP contribution in [0.1, 0.15) is 40.0 Å². The molecule has 6 heteroatoms. The molecule has 1 saturated carbocycles. The molecule has 2 fully saturated rings. The van der Waals surface area contributed by atoms with Crippen molar-refractivity contribution in [3.63, 3.8) is 0 Å². The van der Waals surface area contributed by atoms with Crippen LogP contribution in [-0.2, 0) is 9.47 Å². The Morgan fingerprint density at radius 3 is 2.82 bits per heavy atom. The van der Waals surface area contributed by atoms with Crippen molar-refractivity contribution >= 4 is 6.09 Å². The lowest BCUT2D eigenvalue weighted by atomic mass is 10.1. The number of aliphatic hydroxyl groups excluding tert-OH is 1. The molecule has 2 N–H and O–H groups in total. The average molecular weight is 314 g/mol. The summed E-state index contributed by atoms with van der Waals surface area (Å²) < 4.78 is 11.0. The first-order chi connectivity index (χ1) is 10.3. The molecule has 0 spiro atoms. The number of rotatable bonds is 3. The third-order valence-corrected chi connectivity index (χ3v) is 4.20. The van der Waals surface area contributed by atoms with E-state index >= 15 is 0 Å². The molecule has 22 heavy (non-hydrogen) atoms. The molecule has 1 amide bonds. The van der Waals surface area contributed by atoms with E-state index in [2.05, 4.69) is 5.32 Å². The molecule has 3 atom stereocenters. The van der Waals surface area contributed by atoms with Crippen LogP contribution >= 0.6 is 0 Å². The predicted molar refractivity (Wildman–Crippen MR) is 83.8 cm³/mol. The quantitative estimate of drug-likeness (QED) is 0.823. The Morgan fingerprint density at radius 1 is 1.41 bits per heavy atom. The fraction of sp³-hybridized carbons (Fsp3) is 0.938. The van der Waals surface area contributed by atoms with Crippen molar-refractivity contribution in [2.75, 3.05) is 32.8 Å². The Morgan fingerprint density at radius 2 is 2.18 bits per heavy atom. The molecule has 1 aliphatic heterocycles. The fourth-order valence-corrected chi connectivity index (χ4v) is 3.00. The van der Waals surface area contributed by atoms with Crippen molar-refractivity contribution in [3.05, 3.63) is 0 Å². The second kappa shape index (κ2) is 7.62. The summed E-state index contributed by atoms with van der Waals surface area (Å²) in [5.41, 5.74) is -0.485. The predicted octanol–water partition coefficient (Wildman–Crippen LogP) is 1.37. The summed E-state index contributed by atoms with van der Waals surface area (Å²) in [5.74, 6) is 0.318. The Balaban J connectivity index is 1.82. The molecular weight excluding hydrogens is 284 g/mol. The van der Waals surface area contributed by atoms with Gasteiger partial charge in [0.05, 0.1) is 19.3 Å². The van der Waals surface area contributed by atoms with Crippen LogP contribution in [-0.4, -0.2) is 66.7 Å². The van der Waals surface area contributed by atoms with E-state index in [9.17, 15) is 9.90 Å². The van der Waals surface area contributed by atoms with E-state index in [4.69, 9.17) is 9.47 Å². The van der Waals surface area contributed by atoms with Crippen molar-refractivity contribution in [1.29, 1.82) is 0 Å². The highest BCUT2D eigenvalue weighted by Gasteiger charge is 2.29. The largest absolute Gasteiger partial charge is 0.444 e. The normalized spacial score (nSPS) is 30.2. The van der Waals surface area contributed by atoms with E-state index in [1.165, 1.54) is 0 Å². The first-order valence-electron chi connectivity index (χ1n) is 8.32. The van der Waals surface area contributed by atoms with Crippen molar-refractivity contribution in [2.24, 2.45) is 5.92 Å². The molecule has 0 bridgehead atoms. The summed E-state index contributed by atoms with van der Waals surface area (Å²) in [6.07, 6.45) is 2.58. The van der Waals surface area contributed by atoms with Gasteiger partial charge in [0.1, 0.15) is 5.60 Å². The molecule has 1 unspecified atom stereocenters. The molecule has 128 valence electrons. The van der Waals surface area contributed by atoms with Gasteiger partial charge in [-0.2, -0.15) is 0 Å². The van der Waals surface area contributed by atoms with Gasteiger partial charge in [-0.05, 0) is 39.5 Å². The minimum absolute atomic E-state index is 0.0859. The smallest absolute Gasteiger partial charge is 0.410 e. The summed E-state index contributed by atoms with van der Waals surface area (Å²) in [7, 11) is 0. The zero-order valence-corrected chi connectivity index (χ0v) is 14.0. The molecular formula is C16H30N2O4. The summed E-state index contributed by atoms with van der Waals surface area (Å²) in [4.78, 5) is 13.9. The van der Waals surface area contributed by atoms with Gasteiger partial charge in [0.15, 0.2) is 0 Å². The van der Waals surface area contributed by atoms with Gasteiger partial charge in [-0.15, -0.1) is 0 Å². The number of nitrogens with one attached hydrogen (secondary N) is 1. The molecule has 0 aromatic rings. The first-order valence-corrected chi connectivity index (χ1v) is 8.32. The topological polar surface area (TPSA) is 71.0 Å². The van der Waals surface area contributed by atoms with Crippen molar-refractivity contribution < 1.29 is 19.4 Å². The lowest BCUT2D eigenvalue weighted by molar-refractivity contribution is 0.0237. The Kier molecular flexibility index (Phi) is 6.06. The molecule has 1 heterocycles. The highest BCUT2D eigenvalue weighted by Crippen LogP contribution is 2.24. The second-order valence-electron chi connectivity index (χ2n) is 7.36. The Hall–Kier alpha value is -0.850. The maximum Gasteiger partial charge on any atom is 0.410 e. The summed E-state index contributed by atoms with van der Waals surface area (Å²) in [6, 6.07) is 0.0859. The Bertz CT molecular complexity index is 370. The molecule has 0 aromatic carbocycles. The van der Waals surface area contributed by atoms with Gasteiger partial charge in [-0.25, -0.2) is 4.79 Å². The van der Waals surface area contributed by atoms with E-state index in [-0.39, 0.29) is 18.2 Å². The van der Waals surface area contributed by atoms with Gasteiger partial charge < -0.3 is 24.8 Å². The van der Waals surface area contributed by atoms with Crippen LogP contribution in [0.25, 0.3) is 0 Å². The fourth-order valence-electron chi connectivity index (χ4n) is 3.00. The minimum Gasteiger partial charge on any atom is -0.444 e. The van der Waals surface area contributed by atoms with E-state index < -0.39 is 5.60 Å². The van der Waals surface area contributed by atoms with Gasteiger partial charge in [0, 0.05) is 25.7 Å². The number of hydrogen-bond donors (Lipinski definition) is 2. The third kappa shape index (κ3) is 5.41. The van der Waals surface area contributed by atoms with Crippen molar-refractivity contribution in [1.82, 2.24) is 10.2 Å². The van der Waals surface area contributed by atoms with E-state index in [0.717, 1.165) is 25.8 Å². The Labute approximate surface area is 133 Å². The zero-order chi connectivity index (χ0) is 16.2. The van der Waals surface area contributed by atoms with Gasteiger partial charge >= 0.3 is 6.09 Å². The molecule has 2 aliphatic rings. The maximum absolute atomic E-state index is 12.2. The van der Waals surface area contributed by atoms with Crippen LogP contribution in [0.4, 0.5) is 4.79 Å². The van der Waals surface area contributed by atoms with Crippen molar-refractivity contribution in [3.8, 4) is 0 Å². The highest BCUT2D eigenvalue weighted by molar-refractivity contribution is 5.68. The number of amides is 1. The minimum atomic E-state index is -0.485. The SMILES string of the molecule is CC(C)(C)OC(=O)N1CCOCC(NC[C@H]2CCC[C@@H]2O)C1. The van der Waals surface area contributed by atoms with Crippen molar-refractivity contribution in [2.45, 2.75) is 57.8 Å². The standard InChI is InChI=1S/C16H30N2O4/c1-16(2,3)22-15(20)18-7-8-21-11-13(10-18)17-9-12-5-4-6-14(12)19/h12-14,17,19H,4-11H2,1-3H3/t12-,13?,14+/m1/s1. The van der Waals surface area contributed by atoms with Gasteiger partial charge in [-0.1, -0.05) is 6.42 Å². The van der Waals surface area contributed by atoms with Crippen LogP contribution < -0.4 is 5.32 Å². The number of carbonyl (C=O) groups is 1. The van der Waals surface area contributed by atoms with Crippen LogP contribution in [0.2, 0.25) is 0 Å². The number of carbonyl (C=O) groups excluding carboxylic acids is 1. The molecule has 1 aliphatic carbocycles. The molecule has 0 radical (unpaired) electrons. The number of nitrogens with zero attached hydrogens (tertiary/aromatic N) is 1. The maximum atomic E-state index is 12.2. The third-order valence-electron chi connectivity index (χ3n) is 4.20. The lowest BCUT2D eigenvalue weighted by Gasteiger charge is -2.28. The van der Waals surface area contributed by atoms with Crippen LogP contribution in [0.5, 0.6) is 0 Å². The van der Waals surface area contributed by atoms with Crippen LogP contribution in [0, 0.1) is 5.92 Å². The first kappa shape index (κ1) is 17.5. The second-order valence-corrected chi connectivity index (χ2v) is 7.36. The van der Waals surface area contributed by atoms with Crippen LogP contribution in [0.15, 0.2) is 0 Å². The van der Waals surface area contributed by atoms with Gasteiger partial charge in [-0.3, -0.25) is 0 Å². The van der Waals surface area contributed by atoms with E-state index in [0.29, 0.717) is 32.2 Å². The number of aliphatic hydroxyl groups is 1. The lowest BCUT2D eigenvalue weighted by Crippen LogP contribution is -2.47. The monoisotopic (exact) mass is 314 g/mol. The summed E-state index contributed by atoms with van der Waals surface area (Å²) >= 11 is 0. The van der Waals surface area contributed by atoms with Gasteiger partial charge in [0.25, 0.3) is 0 Å². The number of ether oxygens (including phenoxy) is 2. The molecule has 1 saturated heterocycles. The molecule has 6 nitrogen and oxygen atoms in total. The van der Waals surface area contributed by atoms with Crippen LogP contribution in [0.3, 0.4) is 0 Å². The van der Waals surface area contributed by atoms with E-state index in [1.807, 2.05) is 20.8 Å². The summed E-state index contributed by atoms with van der Waals surface area (Å²) in [6.45, 7) is 8.64. The van der Waals surface area contributed by atoms with E-state index in [1.54, 1.807) is 4.90 Å². The highest BCUT2D eigenvalue weighted by atomic mass is 16.6. The number of hydrogen-bond acceptors (Lipinski definition) is 5.